The molecule has 2 amide bonds. The number of benzene rings is 3. The molecule has 152 valence electrons. The first-order chi connectivity index (χ1) is 14.7. The first kappa shape index (κ1) is 18.7. The third-order valence-corrected chi connectivity index (χ3v) is 6.10. The minimum absolute atomic E-state index is 0.00402. The zero-order valence-electron chi connectivity index (χ0n) is 16.8. The molecule has 1 fully saturated rings. The molecule has 1 atom stereocenters. The maximum absolute atomic E-state index is 13.2. The molecule has 2 heterocycles. The van der Waals surface area contributed by atoms with Gasteiger partial charge in [-0.25, -0.2) is 0 Å². The Labute approximate surface area is 175 Å². The molecule has 1 saturated heterocycles. The molecular formula is C25H24N2O3. The summed E-state index contributed by atoms with van der Waals surface area (Å²) in [4.78, 5) is 28.2. The number of nitrogens with zero attached hydrogens (tertiary/aromatic N) is 1. The van der Waals surface area contributed by atoms with E-state index in [2.05, 4.69) is 5.32 Å². The minimum Gasteiger partial charge on any atom is -0.493 e. The van der Waals surface area contributed by atoms with Crippen molar-refractivity contribution in [3.63, 3.8) is 0 Å². The quantitative estimate of drug-likeness (QED) is 0.668. The molecule has 0 aliphatic carbocycles. The van der Waals surface area contributed by atoms with Gasteiger partial charge in [-0.15, -0.1) is 0 Å². The number of hydrogen-bond donors (Lipinski definition) is 1. The van der Waals surface area contributed by atoms with Crippen molar-refractivity contribution < 1.29 is 14.3 Å². The van der Waals surface area contributed by atoms with Crippen LogP contribution in [0.4, 0.5) is 5.69 Å². The number of nitrogens with one attached hydrogen (secondary N) is 1. The third-order valence-electron chi connectivity index (χ3n) is 6.10. The van der Waals surface area contributed by atoms with Gasteiger partial charge in [-0.2, -0.15) is 0 Å². The number of carbonyl (C=O) groups is 2. The maximum atomic E-state index is 13.2. The molecule has 0 aromatic heterocycles. The number of carbonyl (C=O) groups excluding carboxylic acids is 2. The Kier molecular flexibility index (Phi) is 4.87. The van der Waals surface area contributed by atoms with E-state index >= 15 is 0 Å². The second kappa shape index (κ2) is 7.82. The molecule has 0 bridgehead atoms. The van der Waals surface area contributed by atoms with Gasteiger partial charge in [0.25, 0.3) is 11.8 Å². The maximum Gasteiger partial charge on any atom is 0.257 e. The van der Waals surface area contributed by atoms with Crippen molar-refractivity contribution in [3.8, 4) is 5.75 Å². The molecule has 3 aromatic rings. The lowest BCUT2D eigenvalue weighted by Crippen LogP contribution is -2.45. The summed E-state index contributed by atoms with van der Waals surface area (Å²) in [6.07, 6.45) is 4.09. The molecule has 3 aromatic carbocycles. The molecule has 0 saturated carbocycles. The number of fused-ring (bicyclic) bond motifs is 3. The van der Waals surface area contributed by atoms with Crippen LogP contribution in [-0.4, -0.2) is 35.9 Å². The van der Waals surface area contributed by atoms with Crippen molar-refractivity contribution in [1.29, 1.82) is 0 Å². The van der Waals surface area contributed by atoms with Crippen LogP contribution in [0, 0.1) is 0 Å². The monoisotopic (exact) mass is 400 g/mol. The number of ether oxygens (including phenoxy) is 1. The first-order valence-electron chi connectivity index (χ1n) is 10.6. The fraction of sp³-hybridized carbons (Fsp3) is 0.280. The average molecular weight is 400 g/mol. The summed E-state index contributed by atoms with van der Waals surface area (Å²) in [5, 5.41) is 4.88. The molecular weight excluding hydrogens is 376 g/mol. The molecule has 2 aliphatic heterocycles. The van der Waals surface area contributed by atoms with Crippen LogP contribution in [0.25, 0.3) is 10.8 Å². The highest BCUT2D eigenvalue weighted by molar-refractivity contribution is 6.13. The van der Waals surface area contributed by atoms with Gasteiger partial charge in [-0.1, -0.05) is 36.4 Å². The predicted octanol–water partition coefficient (Wildman–Crippen LogP) is 4.87. The molecule has 1 N–H and O–H groups in total. The summed E-state index contributed by atoms with van der Waals surface area (Å²) in [5.41, 5.74) is 1.73. The summed E-state index contributed by atoms with van der Waals surface area (Å²) >= 11 is 0. The summed E-state index contributed by atoms with van der Waals surface area (Å²) in [7, 11) is 0. The van der Waals surface area contributed by atoms with Gasteiger partial charge in [-0.3, -0.25) is 9.59 Å². The van der Waals surface area contributed by atoms with Crippen molar-refractivity contribution in [3.05, 3.63) is 71.8 Å². The molecule has 5 rings (SSSR count). The number of rotatable bonds is 2. The predicted molar refractivity (Wildman–Crippen MR) is 117 cm³/mol. The largest absolute Gasteiger partial charge is 0.493 e. The fourth-order valence-corrected chi connectivity index (χ4v) is 4.55. The van der Waals surface area contributed by atoms with Crippen molar-refractivity contribution >= 4 is 28.3 Å². The van der Waals surface area contributed by atoms with Crippen LogP contribution in [0.2, 0.25) is 0 Å². The molecule has 30 heavy (non-hydrogen) atoms. The Morgan fingerprint density at radius 3 is 2.80 bits per heavy atom. The van der Waals surface area contributed by atoms with Gasteiger partial charge in [0.2, 0.25) is 0 Å². The summed E-state index contributed by atoms with van der Waals surface area (Å²) in [5.74, 6) is 0.393. The lowest BCUT2D eigenvalue weighted by atomic mass is 9.97. The SMILES string of the molecule is O=C(Nc1ccc2c(c1)C(=O)N1CCCCC1CCO2)c1cccc2ccccc12. The van der Waals surface area contributed by atoms with Crippen LogP contribution in [0.1, 0.15) is 46.4 Å². The lowest BCUT2D eigenvalue weighted by Gasteiger charge is -2.37. The Balaban J connectivity index is 1.45. The fourth-order valence-electron chi connectivity index (χ4n) is 4.55. The van der Waals surface area contributed by atoms with E-state index in [1.165, 1.54) is 0 Å². The second-order valence-corrected chi connectivity index (χ2v) is 7.98. The molecule has 5 heteroatoms. The van der Waals surface area contributed by atoms with Gasteiger partial charge in [-0.05, 0) is 54.3 Å². The normalized spacial score (nSPS) is 18.6. The van der Waals surface area contributed by atoms with E-state index in [4.69, 9.17) is 4.74 Å². The van der Waals surface area contributed by atoms with Crippen LogP contribution in [0.3, 0.4) is 0 Å². The van der Waals surface area contributed by atoms with Gasteiger partial charge in [0.15, 0.2) is 0 Å². The zero-order valence-corrected chi connectivity index (χ0v) is 16.8. The highest BCUT2D eigenvalue weighted by Crippen LogP contribution is 2.31. The smallest absolute Gasteiger partial charge is 0.257 e. The van der Waals surface area contributed by atoms with E-state index in [0.29, 0.717) is 29.2 Å². The number of anilines is 1. The number of piperidine rings is 1. The second-order valence-electron chi connectivity index (χ2n) is 7.98. The van der Waals surface area contributed by atoms with Crippen molar-refractivity contribution in [2.24, 2.45) is 0 Å². The molecule has 0 radical (unpaired) electrons. The Hall–Kier alpha value is -3.34. The topological polar surface area (TPSA) is 58.6 Å². The van der Waals surface area contributed by atoms with Gasteiger partial charge in [0.1, 0.15) is 5.75 Å². The van der Waals surface area contributed by atoms with Crippen molar-refractivity contribution in [2.75, 3.05) is 18.5 Å². The average Bonchev–Trinajstić information content (AvgIpc) is 2.78. The lowest BCUT2D eigenvalue weighted by molar-refractivity contribution is 0.0548. The third kappa shape index (κ3) is 3.41. The highest BCUT2D eigenvalue weighted by Gasteiger charge is 2.31. The standard InChI is InChI=1S/C25H24N2O3/c28-24(21-10-5-7-17-6-1-2-9-20(17)21)26-18-11-12-23-22(16-18)25(29)27-14-4-3-8-19(27)13-15-30-23/h1-2,5-7,9-12,16,19H,3-4,8,13-15H2,(H,26,28). The van der Waals surface area contributed by atoms with E-state index in [1.807, 2.05) is 47.4 Å². The minimum atomic E-state index is -0.193. The van der Waals surface area contributed by atoms with E-state index in [-0.39, 0.29) is 17.9 Å². The highest BCUT2D eigenvalue weighted by atomic mass is 16.5. The number of amides is 2. The number of hydrogen-bond acceptors (Lipinski definition) is 3. The first-order valence-corrected chi connectivity index (χ1v) is 10.6. The van der Waals surface area contributed by atoms with Gasteiger partial charge in [0.05, 0.1) is 12.2 Å². The summed E-state index contributed by atoms with van der Waals surface area (Å²) < 4.78 is 5.89. The van der Waals surface area contributed by atoms with Crippen LogP contribution in [0.15, 0.2) is 60.7 Å². The van der Waals surface area contributed by atoms with Gasteiger partial charge < -0.3 is 15.0 Å². The molecule has 2 aliphatic rings. The van der Waals surface area contributed by atoms with E-state index in [9.17, 15) is 9.59 Å². The molecule has 0 spiro atoms. The van der Waals surface area contributed by atoms with Crippen molar-refractivity contribution in [1.82, 2.24) is 4.90 Å². The van der Waals surface area contributed by atoms with Crippen LogP contribution in [-0.2, 0) is 0 Å². The van der Waals surface area contributed by atoms with E-state index < -0.39 is 0 Å². The summed E-state index contributed by atoms with van der Waals surface area (Å²) in [6.45, 7) is 1.39. The van der Waals surface area contributed by atoms with Crippen molar-refractivity contribution in [2.45, 2.75) is 31.7 Å². The van der Waals surface area contributed by atoms with Crippen LogP contribution in [0.5, 0.6) is 5.75 Å². The van der Waals surface area contributed by atoms with Crippen LogP contribution >= 0.6 is 0 Å². The zero-order chi connectivity index (χ0) is 20.5. The Bertz CT molecular complexity index is 1120. The van der Waals surface area contributed by atoms with E-state index in [0.717, 1.165) is 43.0 Å². The van der Waals surface area contributed by atoms with Crippen LogP contribution < -0.4 is 10.1 Å². The summed E-state index contributed by atoms with van der Waals surface area (Å²) in [6, 6.07) is 19.1. The molecule has 5 nitrogen and oxygen atoms in total. The van der Waals surface area contributed by atoms with E-state index in [1.54, 1.807) is 18.2 Å². The van der Waals surface area contributed by atoms with Gasteiger partial charge in [0, 0.05) is 30.3 Å². The Morgan fingerprint density at radius 2 is 1.87 bits per heavy atom. The Morgan fingerprint density at radius 1 is 1.00 bits per heavy atom. The molecule has 1 unspecified atom stereocenters. The van der Waals surface area contributed by atoms with Gasteiger partial charge >= 0.3 is 0 Å².